The van der Waals surface area contributed by atoms with Crippen molar-refractivity contribution in [3.05, 3.63) is 0 Å². The minimum absolute atomic E-state index is 0.0708. The van der Waals surface area contributed by atoms with Crippen LogP contribution in [0, 0.1) is 11.3 Å². The molecule has 0 fully saturated rings. The third-order valence-electron chi connectivity index (χ3n) is 2.40. The Balaban J connectivity index is 4.34. The second kappa shape index (κ2) is 6.47. The van der Waals surface area contributed by atoms with E-state index in [1.54, 1.807) is 0 Å². The summed E-state index contributed by atoms with van der Waals surface area (Å²) < 4.78 is 0. The molecule has 0 aliphatic heterocycles. The molecule has 1 atom stereocenters. The Labute approximate surface area is 103 Å². The largest absolute Gasteiger partial charge is 0.481 e. The van der Waals surface area contributed by atoms with Crippen molar-refractivity contribution in [2.45, 2.75) is 47.1 Å². The first-order valence-corrected chi connectivity index (χ1v) is 5.89. The minimum atomic E-state index is -0.908. The predicted octanol–water partition coefficient (Wildman–Crippen LogP) is 1.83. The van der Waals surface area contributed by atoms with Crippen molar-refractivity contribution < 1.29 is 14.7 Å². The fourth-order valence-corrected chi connectivity index (χ4v) is 1.25. The highest BCUT2D eigenvalue weighted by Crippen LogP contribution is 2.21. The number of carboxylic acid groups (broad SMARTS) is 1. The van der Waals surface area contributed by atoms with Crippen LogP contribution >= 0.6 is 0 Å². The van der Waals surface area contributed by atoms with Gasteiger partial charge < -0.3 is 15.7 Å². The predicted molar refractivity (Wildman–Crippen MR) is 66.9 cm³/mol. The summed E-state index contributed by atoms with van der Waals surface area (Å²) in [6, 6.07) is -0.688. The molecule has 5 nitrogen and oxygen atoms in total. The van der Waals surface area contributed by atoms with E-state index in [-0.39, 0.29) is 23.9 Å². The average molecular weight is 244 g/mol. The van der Waals surface area contributed by atoms with Crippen molar-refractivity contribution in [3.63, 3.8) is 0 Å². The SMILES string of the molecule is CC(C)CNC(=O)NC(CC(=O)O)C(C)(C)C. The zero-order chi connectivity index (χ0) is 13.6. The molecule has 0 aliphatic carbocycles. The molecule has 0 aliphatic rings. The van der Waals surface area contributed by atoms with E-state index < -0.39 is 5.97 Å². The van der Waals surface area contributed by atoms with Gasteiger partial charge in [-0.05, 0) is 11.3 Å². The van der Waals surface area contributed by atoms with Crippen LogP contribution < -0.4 is 10.6 Å². The number of urea groups is 1. The number of carbonyl (C=O) groups is 2. The van der Waals surface area contributed by atoms with Gasteiger partial charge in [0.05, 0.1) is 6.42 Å². The Morgan fingerprint density at radius 2 is 1.76 bits per heavy atom. The molecule has 0 radical (unpaired) electrons. The normalized spacial score (nSPS) is 13.3. The number of carboxylic acids is 1. The van der Waals surface area contributed by atoms with Gasteiger partial charge in [0.25, 0.3) is 0 Å². The average Bonchev–Trinajstić information content (AvgIpc) is 2.11. The molecule has 0 saturated heterocycles. The Morgan fingerprint density at radius 1 is 1.24 bits per heavy atom. The minimum Gasteiger partial charge on any atom is -0.481 e. The van der Waals surface area contributed by atoms with Crippen LogP contribution in [-0.4, -0.2) is 29.7 Å². The van der Waals surface area contributed by atoms with E-state index in [2.05, 4.69) is 10.6 Å². The molecule has 0 heterocycles. The third kappa shape index (κ3) is 7.60. The zero-order valence-corrected chi connectivity index (χ0v) is 11.3. The Morgan fingerprint density at radius 3 is 2.12 bits per heavy atom. The van der Waals surface area contributed by atoms with Gasteiger partial charge in [0.1, 0.15) is 0 Å². The van der Waals surface area contributed by atoms with Gasteiger partial charge in [-0.1, -0.05) is 34.6 Å². The highest BCUT2D eigenvalue weighted by Gasteiger charge is 2.28. The lowest BCUT2D eigenvalue weighted by atomic mass is 9.85. The summed E-state index contributed by atoms with van der Waals surface area (Å²) in [5.74, 6) is -0.539. The highest BCUT2D eigenvalue weighted by molar-refractivity contribution is 5.75. The lowest BCUT2D eigenvalue weighted by molar-refractivity contribution is -0.138. The summed E-state index contributed by atoms with van der Waals surface area (Å²) in [4.78, 5) is 22.3. The number of amides is 2. The number of aliphatic carboxylic acids is 1. The summed E-state index contributed by atoms with van der Waals surface area (Å²) in [7, 11) is 0. The van der Waals surface area contributed by atoms with E-state index in [4.69, 9.17) is 5.11 Å². The van der Waals surface area contributed by atoms with Gasteiger partial charge >= 0.3 is 12.0 Å². The quantitative estimate of drug-likeness (QED) is 0.690. The highest BCUT2D eigenvalue weighted by atomic mass is 16.4. The summed E-state index contributed by atoms with van der Waals surface area (Å²) in [6.45, 7) is 10.3. The number of hydrogen-bond acceptors (Lipinski definition) is 2. The van der Waals surface area contributed by atoms with E-state index in [9.17, 15) is 9.59 Å². The van der Waals surface area contributed by atoms with Crippen molar-refractivity contribution in [1.29, 1.82) is 0 Å². The molecule has 0 bridgehead atoms. The third-order valence-corrected chi connectivity index (χ3v) is 2.40. The molecule has 5 heteroatoms. The Hall–Kier alpha value is -1.26. The van der Waals surface area contributed by atoms with E-state index in [1.807, 2.05) is 34.6 Å². The molecule has 100 valence electrons. The maximum Gasteiger partial charge on any atom is 0.315 e. The second-order valence-electron chi connectivity index (χ2n) is 5.76. The van der Waals surface area contributed by atoms with Gasteiger partial charge in [-0.25, -0.2) is 4.79 Å². The number of nitrogens with one attached hydrogen (secondary N) is 2. The first kappa shape index (κ1) is 15.7. The van der Waals surface area contributed by atoms with Gasteiger partial charge in [0.2, 0.25) is 0 Å². The van der Waals surface area contributed by atoms with Crippen LogP contribution in [0.15, 0.2) is 0 Å². The van der Waals surface area contributed by atoms with Crippen molar-refractivity contribution in [2.24, 2.45) is 11.3 Å². The van der Waals surface area contributed by atoms with Crippen molar-refractivity contribution in [3.8, 4) is 0 Å². The second-order valence-corrected chi connectivity index (χ2v) is 5.76. The standard InChI is InChI=1S/C12H24N2O3/c1-8(2)7-13-11(17)14-9(6-10(15)16)12(3,4)5/h8-9H,6-7H2,1-5H3,(H,15,16)(H2,13,14,17). The zero-order valence-electron chi connectivity index (χ0n) is 11.3. The summed E-state index contributed by atoms with van der Waals surface area (Å²) in [5.41, 5.74) is -0.284. The fourth-order valence-electron chi connectivity index (χ4n) is 1.25. The first-order chi connectivity index (χ1) is 7.62. The smallest absolute Gasteiger partial charge is 0.315 e. The molecule has 17 heavy (non-hydrogen) atoms. The van der Waals surface area contributed by atoms with Crippen LogP contribution in [0.5, 0.6) is 0 Å². The maximum absolute atomic E-state index is 11.6. The fraction of sp³-hybridized carbons (Fsp3) is 0.833. The monoisotopic (exact) mass is 244 g/mol. The Kier molecular flexibility index (Phi) is 5.99. The van der Waals surface area contributed by atoms with Crippen molar-refractivity contribution in [1.82, 2.24) is 10.6 Å². The topological polar surface area (TPSA) is 78.4 Å². The molecule has 2 amide bonds. The molecule has 3 N–H and O–H groups in total. The molecule has 0 rings (SSSR count). The van der Waals surface area contributed by atoms with Crippen molar-refractivity contribution in [2.75, 3.05) is 6.54 Å². The van der Waals surface area contributed by atoms with Crippen LogP contribution in [0.1, 0.15) is 41.0 Å². The molecular weight excluding hydrogens is 220 g/mol. The van der Waals surface area contributed by atoms with Crippen LogP contribution in [0.2, 0.25) is 0 Å². The van der Waals surface area contributed by atoms with Crippen LogP contribution in [-0.2, 0) is 4.79 Å². The van der Waals surface area contributed by atoms with Gasteiger partial charge in [0, 0.05) is 12.6 Å². The molecule has 0 spiro atoms. The summed E-state index contributed by atoms with van der Waals surface area (Å²) >= 11 is 0. The molecule has 0 aromatic heterocycles. The Bertz CT molecular complexity index is 269. The molecular formula is C12H24N2O3. The van der Waals surface area contributed by atoms with E-state index in [1.165, 1.54) is 0 Å². The van der Waals surface area contributed by atoms with Gasteiger partial charge in [-0.3, -0.25) is 4.79 Å². The van der Waals surface area contributed by atoms with Gasteiger partial charge in [0.15, 0.2) is 0 Å². The van der Waals surface area contributed by atoms with Gasteiger partial charge in [-0.15, -0.1) is 0 Å². The number of rotatable bonds is 5. The van der Waals surface area contributed by atoms with Crippen LogP contribution in [0.25, 0.3) is 0 Å². The summed E-state index contributed by atoms with van der Waals surface area (Å²) in [6.07, 6.45) is -0.0708. The van der Waals surface area contributed by atoms with E-state index in [0.29, 0.717) is 12.5 Å². The van der Waals surface area contributed by atoms with E-state index in [0.717, 1.165) is 0 Å². The molecule has 1 unspecified atom stereocenters. The lowest BCUT2D eigenvalue weighted by Crippen LogP contribution is -2.49. The number of hydrogen-bond donors (Lipinski definition) is 3. The number of carbonyl (C=O) groups excluding carboxylic acids is 1. The van der Waals surface area contributed by atoms with Crippen LogP contribution in [0.4, 0.5) is 4.79 Å². The van der Waals surface area contributed by atoms with Gasteiger partial charge in [-0.2, -0.15) is 0 Å². The van der Waals surface area contributed by atoms with Crippen molar-refractivity contribution >= 4 is 12.0 Å². The molecule has 0 aromatic rings. The molecule has 0 aromatic carbocycles. The maximum atomic E-state index is 11.6. The lowest BCUT2D eigenvalue weighted by Gasteiger charge is -2.30. The summed E-state index contributed by atoms with van der Waals surface area (Å²) in [5, 5.41) is 14.2. The van der Waals surface area contributed by atoms with Crippen LogP contribution in [0.3, 0.4) is 0 Å². The van der Waals surface area contributed by atoms with E-state index >= 15 is 0 Å². The first-order valence-electron chi connectivity index (χ1n) is 5.89. The molecule has 0 saturated carbocycles.